The van der Waals surface area contributed by atoms with E-state index in [1.54, 1.807) is 6.26 Å². The molecule has 4 heteroatoms. The van der Waals surface area contributed by atoms with Crippen LogP contribution in [0.4, 0.5) is 0 Å². The number of nitrogens with zero attached hydrogens (tertiary/aromatic N) is 2. The Bertz CT molecular complexity index is 765. The molecule has 2 atom stereocenters. The third-order valence-corrected chi connectivity index (χ3v) is 5.83. The summed E-state index contributed by atoms with van der Waals surface area (Å²) in [5.74, 6) is 2.63. The number of hydrogen-bond acceptors (Lipinski definition) is 3. The number of furan rings is 1. The maximum Gasteiger partial charge on any atom is 0.225 e. The molecule has 1 saturated heterocycles. The second kappa shape index (κ2) is 9.62. The van der Waals surface area contributed by atoms with Gasteiger partial charge >= 0.3 is 0 Å². The van der Waals surface area contributed by atoms with Gasteiger partial charge in [-0.1, -0.05) is 57.5 Å². The van der Waals surface area contributed by atoms with Crippen molar-refractivity contribution in [1.29, 1.82) is 0 Å². The van der Waals surface area contributed by atoms with Crippen LogP contribution in [0.5, 0.6) is 0 Å². The zero-order chi connectivity index (χ0) is 21.0. The standard InChI is InChI=1S/C25H36N2O2/c1-18(2)13-27(25(28)19(3)4)15-22-14-26(16-23-7-6-12-29-23)17-24(22)21-10-8-20(5)9-11-21/h6-12,18-19,22,24H,13-17H2,1-5H3/t22-,24+/m0/s1. The Morgan fingerprint density at radius 1 is 1.14 bits per heavy atom. The van der Waals surface area contributed by atoms with Gasteiger partial charge in [0.25, 0.3) is 0 Å². The molecule has 1 aliphatic rings. The molecule has 158 valence electrons. The molecule has 2 heterocycles. The lowest BCUT2D eigenvalue weighted by Crippen LogP contribution is -2.41. The largest absolute Gasteiger partial charge is 0.468 e. The summed E-state index contributed by atoms with van der Waals surface area (Å²) < 4.78 is 5.58. The summed E-state index contributed by atoms with van der Waals surface area (Å²) in [4.78, 5) is 17.5. The molecule has 0 spiro atoms. The molecule has 0 saturated carbocycles. The highest BCUT2D eigenvalue weighted by Gasteiger charge is 2.36. The molecule has 29 heavy (non-hydrogen) atoms. The molecule has 0 radical (unpaired) electrons. The van der Waals surface area contributed by atoms with E-state index in [1.165, 1.54) is 11.1 Å². The minimum Gasteiger partial charge on any atom is -0.468 e. The average molecular weight is 397 g/mol. The highest BCUT2D eigenvalue weighted by Crippen LogP contribution is 2.34. The summed E-state index contributed by atoms with van der Waals surface area (Å²) in [5, 5.41) is 0. The van der Waals surface area contributed by atoms with Gasteiger partial charge in [-0.05, 0) is 36.5 Å². The van der Waals surface area contributed by atoms with E-state index in [4.69, 9.17) is 4.42 Å². The molecule has 1 aromatic carbocycles. The van der Waals surface area contributed by atoms with Crippen LogP contribution >= 0.6 is 0 Å². The molecule has 1 amide bonds. The predicted molar refractivity (Wildman–Crippen MR) is 118 cm³/mol. The van der Waals surface area contributed by atoms with Crippen molar-refractivity contribution in [3.05, 3.63) is 59.5 Å². The molecule has 0 aliphatic carbocycles. The SMILES string of the molecule is Cc1ccc([C@H]2CN(Cc3ccco3)C[C@H]2CN(CC(C)C)C(=O)C(C)C)cc1. The molecule has 3 rings (SSSR count). The highest BCUT2D eigenvalue weighted by molar-refractivity contribution is 5.78. The van der Waals surface area contributed by atoms with Crippen molar-refractivity contribution in [1.82, 2.24) is 9.80 Å². The third kappa shape index (κ3) is 5.72. The van der Waals surface area contributed by atoms with Crippen LogP contribution < -0.4 is 0 Å². The predicted octanol–water partition coefficient (Wildman–Crippen LogP) is 4.94. The van der Waals surface area contributed by atoms with Crippen LogP contribution in [0.25, 0.3) is 0 Å². The van der Waals surface area contributed by atoms with Crippen molar-refractivity contribution in [3.63, 3.8) is 0 Å². The molecular weight excluding hydrogens is 360 g/mol. The van der Waals surface area contributed by atoms with Crippen molar-refractivity contribution in [3.8, 4) is 0 Å². The summed E-state index contributed by atoms with van der Waals surface area (Å²) in [6.45, 7) is 15.0. The van der Waals surface area contributed by atoms with Gasteiger partial charge in [0.2, 0.25) is 5.91 Å². The number of carbonyl (C=O) groups excluding carboxylic acids is 1. The molecule has 1 aromatic heterocycles. The fourth-order valence-corrected chi connectivity index (χ4v) is 4.43. The number of benzene rings is 1. The number of rotatable bonds is 8. The second-order valence-electron chi connectivity index (χ2n) is 9.34. The van der Waals surface area contributed by atoms with E-state index in [2.05, 4.69) is 54.8 Å². The van der Waals surface area contributed by atoms with Crippen LogP contribution in [0.2, 0.25) is 0 Å². The van der Waals surface area contributed by atoms with Crippen LogP contribution in [-0.2, 0) is 11.3 Å². The Labute approximate surface area is 175 Å². The lowest BCUT2D eigenvalue weighted by molar-refractivity contribution is -0.135. The normalized spacial score (nSPS) is 20.0. The van der Waals surface area contributed by atoms with E-state index in [1.807, 2.05) is 26.0 Å². The van der Waals surface area contributed by atoms with E-state index in [0.717, 1.165) is 38.5 Å². The molecule has 0 bridgehead atoms. The third-order valence-electron chi connectivity index (χ3n) is 5.83. The lowest BCUT2D eigenvalue weighted by Gasteiger charge is -2.31. The number of likely N-dealkylation sites (tertiary alicyclic amines) is 1. The molecular formula is C25H36N2O2. The first kappa shape index (κ1) is 21.6. The quantitative estimate of drug-likeness (QED) is 0.634. The van der Waals surface area contributed by atoms with Crippen LogP contribution in [0.15, 0.2) is 47.1 Å². The Hall–Kier alpha value is -2.07. The van der Waals surface area contributed by atoms with Gasteiger partial charge in [-0.25, -0.2) is 0 Å². The van der Waals surface area contributed by atoms with Gasteiger partial charge in [-0.3, -0.25) is 9.69 Å². The number of hydrogen-bond donors (Lipinski definition) is 0. The van der Waals surface area contributed by atoms with Crippen molar-refractivity contribution in [2.45, 2.75) is 47.1 Å². The lowest BCUT2D eigenvalue weighted by atomic mass is 9.88. The van der Waals surface area contributed by atoms with Gasteiger partial charge in [-0.2, -0.15) is 0 Å². The topological polar surface area (TPSA) is 36.7 Å². The van der Waals surface area contributed by atoms with Crippen molar-refractivity contribution < 1.29 is 9.21 Å². The van der Waals surface area contributed by atoms with Gasteiger partial charge in [-0.15, -0.1) is 0 Å². The average Bonchev–Trinajstić information content (AvgIpc) is 3.31. The summed E-state index contributed by atoms with van der Waals surface area (Å²) in [6.07, 6.45) is 1.74. The van der Waals surface area contributed by atoms with Gasteiger partial charge in [0, 0.05) is 38.0 Å². The van der Waals surface area contributed by atoms with E-state index >= 15 is 0 Å². The van der Waals surface area contributed by atoms with Crippen LogP contribution in [0.1, 0.15) is 50.5 Å². The summed E-state index contributed by atoms with van der Waals surface area (Å²) >= 11 is 0. The van der Waals surface area contributed by atoms with Gasteiger partial charge < -0.3 is 9.32 Å². The summed E-state index contributed by atoms with van der Waals surface area (Å²) in [5.41, 5.74) is 2.66. The van der Waals surface area contributed by atoms with E-state index < -0.39 is 0 Å². The first-order chi connectivity index (χ1) is 13.8. The van der Waals surface area contributed by atoms with Gasteiger partial charge in [0.15, 0.2) is 0 Å². The minimum absolute atomic E-state index is 0.0344. The van der Waals surface area contributed by atoms with Crippen molar-refractivity contribution >= 4 is 5.91 Å². The summed E-state index contributed by atoms with van der Waals surface area (Å²) in [6, 6.07) is 12.9. The van der Waals surface area contributed by atoms with E-state index in [0.29, 0.717) is 17.8 Å². The molecule has 1 aliphatic heterocycles. The monoisotopic (exact) mass is 396 g/mol. The highest BCUT2D eigenvalue weighted by atomic mass is 16.3. The van der Waals surface area contributed by atoms with E-state index in [-0.39, 0.29) is 11.8 Å². The first-order valence-corrected chi connectivity index (χ1v) is 10.9. The number of carbonyl (C=O) groups is 1. The van der Waals surface area contributed by atoms with Crippen LogP contribution in [0.3, 0.4) is 0 Å². The van der Waals surface area contributed by atoms with Gasteiger partial charge in [0.05, 0.1) is 12.8 Å². The zero-order valence-corrected chi connectivity index (χ0v) is 18.6. The smallest absolute Gasteiger partial charge is 0.225 e. The summed E-state index contributed by atoms with van der Waals surface area (Å²) in [7, 11) is 0. The zero-order valence-electron chi connectivity index (χ0n) is 18.6. The fraction of sp³-hybridized carbons (Fsp3) is 0.560. The second-order valence-corrected chi connectivity index (χ2v) is 9.34. The van der Waals surface area contributed by atoms with E-state index in [9.17, 15) is 4.79 Å². The minimum atomic E-state index is 0.0344. The fourth-order valence-electron chi connectivity index (χ4n) is 4.43. The van der Waals surface area contributed by atoms with Crippen LogP contribution in [-0.4, -0.2) is 41.9 Å². The molecule has 2 aromatic rings. The Balaban J connectivity index is 1.80. The Morgan fingerprint density at radius 3 is 2.45 bits per heavy atom. The number of amides is 1. The Morgan fingerprint density at radius 2 is 1.86 bits per heavy atom. The molecule has 4 nitrogen and oxygen atoms in total. The molecule has 1 fully saturated rings. The van der Waals surface area contributed by atoms with Gasteiger partial charge in [0.1, 0.15) is 5.76 Å². The number of aryl methyl sites for hydroxylation is 1. The maximum atomic E-state index is 12.9. The molecule has 0 N–H and O–H groups in total. The maximum absolute atomic E-state index is 12.9. The Kier molecular flexibility index (Phi) is 7.18. The van der Waals surface area contributed by atoms with Crippen LogP contribution in [0, 0.1) is 24.7 Å². The first-order valence-electron chi connectivity index (χ1n) is 10.9. The van der Waals surface area contributed by atoms with Crippen molar-refractivity contribution in [2.24, 2.45) is 17.8 Å². The molecule has 0 unspecified atom stereocenters. The van der Waals surface area contributed by atoms with Crippen molar-refractivity contribution in [2.75, 3.05) is 26.2 Å².